The maximum Gasteiger partial charge on any atom is 0.228 e. The van der Waals surface area contributed by atoms with Crippen LogP contribution in [0, 0.1) is 18.7 Å². The highest BCUT2D eigenvalue weighted by Crippen LogP contribution is 2.29. The van der Waals surface area contributed by atoms with E-state index >= 15 is 0 Å². The molecule has 3 fully saturated rings. The van der Waals surface area contributed by atoms with Crippen LogP contribution < -0.4 is 0 Å². The number of nitrogens with zero attached hydrogens (tertiary/aromatic N) is 3. The van der Waals surface area contributed by atoms with Gasteiger partial charge in [0.2, 0.25) is 5.91 Å². The summed E-state index contributed by atoms with van der Waals surface area (Å²) in [5.74, 6) is 0.530. The Hall–Kier alpha value is -1.79. The number of piperidine rings is 1. The number of benzene rings is 1. The van der Waals surface area contributed by atoms with Gasteiger partial charge in [0.15, 0.2) is 0 Å². The van der Waals surface area contributed by atoms with Gasteiger partial charge >= 0.3 is 0 Å². The van der Waals surface area contributed by atoms with Crippen molar-refractivity contribution >= 4 is 17.2 Å². The van der Waals surface area contributed by atoms with Crippen LogP contribution in [0.1, 0.15) is 29.1 Å². The second-order valence-corrected chi connectivity index (χ2v) is 8.56. The molecule has 0 aliphatic carbocycles. The zero-order valence-electron chi connectivity index (χ0n) is 15.0. The van der Waals surface area contributed by atoms with E-state index in [1.54, 1.807) is 11.3 Å². The molecule has 0 saturated carbocycles. The molecule has 1 aromatic carbocycles. The number of aryl methyl sites for hydroxylation is 1. The van der Waals surface area contributed by atoms with Crippen molar-refractivity contribution in [2.24, 2.45) is 5.92 Å². The molecule has 4 nitrogen and oxygen atoms in total. The van der Waals surface area contributed by atoms with Gasteiger partial charge in [-0.3, -0.25) is 9.69 Å². The van der Waals surface area contributed by atoms with Crippen molar-refractivity contribution in [3.8, 4) is 0 Å². The normalized spacial score (nSPS) is 23.2. The Morgan fingerprint density at radius 1 is 1.23 bits per heavy atom. The van der Waals surface area contributed by atoms with E-state index in [0.29, 0.717) is 12.3 Å². The quantitative estimate of drug-likeness (QED) is 0.825. The number of hydrogen-bond acceptors (Lipinski definition) is 4. The fourth-order valence-electron chi connectivity index (χ4n) is 4.21. The van der Waals surface area contributed by atoms with E-state index in [-0.39, 0.29) is 17.8 Å². The Balaban J connectivity index is 1.42. The first-order valence-electron chi connectivity index (χ1n) is 9.24. The summed E-state index contributed by atoms with van der Waals surface area (Å²) in [6.07, 6.45) is 2.67. The van der Waals surface area contributed by atoms with Gasteiger partial charge in [-0.2, -0.15) is 0 Å². The fraction of sp³-hybridized carbons (Fsp3) is 0.500. The summed E-state index contributed by atoms with van der Waals surface area (Å²) >= 11 is 1.60. The number of halogens is 1. The van der Waals surface area contributed by atoms with Crippen molar-refractivity contribution in [2.75, 3.05) is 19.6 Å². The highest BCUT2D eigenvalue weighted by Gasteiger charge is 2.37. The van der Waals surface area contributed by atoms with E-state index in [1.807, 2.05) is 24.4 Å². The molecule has 0 radical (unpaired) electrons. The summed E-state index contributed by atoms with van der Waals surface area (Å²) < 4.78 is 13.1. The van der Waals surface area contributed by atoms with Crippen LogP contribution in [0.25, 0.3) is 0 Å². The molecule has 1 aromatic heterocycles. The molecule has 3 aliphatic heterocycles. The summed E-state index contributed by atoms with van der Waals surface area (Å²) in [4.78, 5) is 21.8. The predicted octanol–water partition coefficient (Wildman–Crippen LogP) is 3.26. The Kier molecular flexibility index (Phi) is 5.05. The van der Waals surface area contributed by atoms with E-state index < -0.39 is 0 Å². The number of aromatic nitrogens is 1. The lowest BCUT2D eigenvalue weighted by Gasteiger charge is -2.36. The van der Waals surface area contributed by atoms with Gasteiger partial charge in [-0.25, -0.2) is 9.37 Å². The first-order valence-corrected chi connectivity index (χ1v) is 10.1. The van der Waals surface area contributed by atoms with Crippen LogP contribution in [-0.2, 0) is 17.8 Å². The zero-order valence-corrected chi connectivity index (χ0v) is 15.8. The highest BCUT2D eigenvalue weighted by molar-refractivity contribution is 7.09. The van der Waals surface area contributed by atoms with E-state index in [2.05, 4.69) is 14.8 Å². The number of rotatable bonds is 4. The van der Waals surface area contributed by atoms with E-state index in [0.717, 1.165) is 48.9 Å². The number of carbonyl (C=O) groups is 1. The average Bonchev–Trinajstić information content (AvgIpc) is 2.84. The van der Waals surface area contributed by atoms with Crippen molar-refractivity contribution in [1.82, 2.24) is 14.8 Å². The molecule has 2 aromatic rings. The third kappa shape index (κ3) is 3.96. The van der Waals surface area contributed by atoms with Gasteiger partial charge in [0.1, 0.15) is 5.82 Å². The van der Waals surface area contributed by atoms with E-state index in [1.165, 1.54) is 18.6 Å². The average molecular weight is 373 g/mol. The molecular weight excluding hydrogens is 349 g/mol. The lowest BCUT2D eigenvalue weighted by molar-refractivity contribution is -0.134. The Morgan fingerprint density at radius 2 is 2.04 bits per heavy atom. The number of thiazole rings is 1. The second kappa shape index (κ2) is 7.45. The van der Waals surface area contributed by atoms with Gasteiger partial charge < -0.3 is 4.90 Å². The molecule has 138 valence electrons. The lowest BCUT2D eigenvalue weighted by atomic mass is 9.94. The molecule has 3 aliphatic rings. The molecule has 2 atom stereocenters. The number of hydrogen-bond donors (Lipinski definition) is 0. The predicted molar refractivity (Wildman–Crippen MR) is 100 cm³/mol. The standard InChI is InChI=1S/C20H24FN3OS/c1-14-22-18(13-26-14)8-20(25)24-11-16-4-7-19(24)12-23(10-16)9-15-2-5-17(21)6-3-15/h2-3,5-6,13,16,19H,4,7-12H2,1H3. The van der Waals surface area contributed by atoms with Gasteiger partial charge in [0.05, 0.1) is 17.1 Å². The molecule has 0 spiro atoms. The molecule has 6 heteroatoms. The first kappa shape index (κ1) is 17.6. The Bertz CT molecular complexity index is 776. The number of amides is 1. The number of fused-ring (bicyclic) bond motifs is 4. The molecule has 2 unspecified atom stereocenters. The summed E-state index contributed by atoms with van der Waals surface area (Å²) in [6, 6.07) is 7.04. The maximum absolute atomic E-state index is 13.1. The summed E-state index contributed by atoms with van der Waals surface area (Å²) in [5, 5.41) is 3.00. The van der Waals surface area contributed by atoms with E-state index in [9.17, 15) is 9.18 Å². The maximum atomic E-state index is 13.1. The van der Waals surface area contributed by atoms with Crippen LogP contribution in [0.15, 0.2) is 29.6 Å². The van der Waals surface area contributed by atoms with Gasteiger partial charge in [0, 0.05) is 37.6 Å². The van der Waals surface area contributed by atoms with Crippen LogP contribution in [0.5, 0.6) is 0 Å². The molecule has 5 rings (SSSR count). The summed E-state index contributed by atoms with van der Waals surface area (Å²) in [7, 11) is 0. The van der Waals surface area contributed by atoms with Crippen molar-refractivity contribution in [1.29, 1.82) is 0 Å². The minimum atomic E-state index is -0.196. The van der Waals surface area contributed by atoms with Crippen molar-refractivity contribution in [3.63, 3.8) is 0 Å². The molecule has 1 amide bonds. The highest BCUT2D eigenvalue weighted by atomic mass is 32.1. The topological polar surface area (TPSA) is 36.4 Å². The molecule has 26 heavy (non-hydrogen) atoms. The van der Waals surface area contributed by atoms with Crippen molar-refractivity contribution in [3.05, 3.63) is 51.7 Å². The van der Waals surface area contributed by atoms with Gasteiger partial charge in [-0.15, -0.1) is 11.3 Å². The molecule has 0 N–H and O–H groups in total. The zero-order chi connectivity index (χ0) is 18.1. The Labute approximate surface area is 157 Å². The first-order chi connectivity index (χ1) is 12.6. The second-order valence-electron chi connectivity index (χ2n) is 7.50. The number of carbonyl (C=O) groups excluding carboxylic acids is 1. The third-order valence-electron chi connectivity index (χ3n) is 5.43. The smallest absolute Gasteiger partial charge is 0.228 e. The van der Waals surface area contributed by atoms with Crippen LogP contribution in [0.4, 0.5) is 4.39 Å². The van der Waals surface area contributed by atoms with Crippen LogP contribution in [0.3, 0.4) is 0 Å². The monoisotopic (exact) mass is 373 g/mol. The molecular formula is C20H24FN3OS. The third-order valence-corrected chi connectivity index (χ3v) is 6.25. The fourth-order valence-corrected chi connectivity index (χ4v) is 4.82. The molecule has 2 bridgehead atoms. The summed E-state index contributed by atoms with van der Waals surface area (Å²) in [5.41, 5.74) is 2.02. The van der Waals surface area contributed by atoms with Crippen LogP contribution >= 0.6 is 11.3 Å². The van der Waals surface area contributed by atoms with Crippen LogP contribution in [-0.4, -0.2) is 46.4 Å². The minimum Gasteiger partial charge on any atom is -0.338 e. The molecule has 4 heterocycles. The van der Waals surface area contributed by atoms with Crippen LogP contribution in [0.2, 0.25) is 0 Å². The van der Waals surface area contributed by atoms with E-state index in [4.69, 9.17) is 0 Å². The van der Waals surface area contributed by atoms with Crippen molar-refractivity contribution in [2.45, 2.75) is 38.8 Å². The van der Waals surface area contributed by atoms with Crippen molar-refractivity contribution < 1.29 is 9.18 Å². The lowest BCUT2D eigenvalue weighted by Crippen LogP contribution is -2.48. The Morgan fingerprint density at radius 3 is 2.77 bits per heavy atom. The largest absolute Gasteiger partial charge is 0.338 e. The minimum absolute atomic E-state index is 0.196. The van der Waals surface area contributed by atoms with Gasteiger partial charge in [-0.05, 0) is 43.4 Å². The van der Waals surface area contributed by atoms with Gasteiger partial charge in [0.25, 0.3) is 0 Å². The van der Waals surface area contributed by atoms with Gasteiger partial charge in [-0.1, -0.05) is 12.1 Å². The SMILES string of the molecule is Cc1nc(CC(=O)N2CC3CCC2CN(Cc2ccc(F)cc2)C3)cs1. The molecule has 3 saturated heterocycles. The summed E-state index contributed by atoms with van der Waals surface area (Å²) in [6.45, 7) is 5.55.